The van der Waals surface area contributed by atoms with E-state index in [0.29, 0.717) is 17.0 Å². The van der Waals surface area contributed by atoms with Crippen LogP contribution in [0.25, 0.3) is 21.9 Å². The highest BCUT2D eigenvalue weighted by Gasteiger charge is 2.12. The van der Waals surface area contributed by atoms with E-state index < -0.39 is 11.2 Å². The number of fused-ring (bicyclic) bond motifs is 3. The normalized spacial score (nSPS) is 12.0. The largest absolute Gasteiger partial charge is 0.350 e. The van der Waals surface area contributed by atoms with E-state index in [9.17, 15) is 9.59 Å². The van der Waals surface area contributed by atoms with Gasteiger partial charge in [-0.15, -0.1) is 4.68 Å². The van der Waals surface area contributed by atoms with E-state index in [4.69, 9.17) is 0 Å². The molecule has 0 aliphatic heterocycles. The van der Waals surface area contributed by atoms with Crippen molar-refractivity contribution in [3.8, 4) is 0 Å². The molecule has 0 aliphatic carbocycles. The second kappa shape index (κ2) is 6.39. The average molecular weight is 360 g/mol. The van der Waals surface area contributed by atoms with Gasteiger partial charge in [0.2, 0.25) is 0 Å². The second-order valence-corrected chi connectivity index (χ2v) is 7.04. The maximum atomic E-state index is 12.8. The molecule has 0 saturated heterocycles. The summed E-state index contributed by atoms with van der Waals surface area (Å²) in [6.45, 7) is 6.21. The summed E-state index contributed by atoms with van der Waals surface area (Å²) in [6, 6.07) is 13.7. The lowest BCUT2D eigenvalue weighted by atomic mass is 10.0. The summed E-state index contributed by atoms with van der Waals surface area (Å²) >= 11 is 0. The Balaban J connectivity index is 1.81. The van der Waals surface area contributed by atoms with Crippen molar-refractivity contribution in [1.29, 1.82) is 0 Å². The van der Waals surface area contributed by atoms with Gasteiger partial charge in [0.05, 0.1) is 11.7 Å². The maximum Gasteiger partial charge on any atom is 0.350 e. The molecule has 6 heteroatoms. The Morgan fingerprint density at radius 1 is 1.00 bits per heavy atom. The molecule has 0 fully saturated rings. The molecule has 4 aromatic rings. The van der Waals surface area contributed by atoms with E-state index in [1.54, 1.807) is 0 Å². The predicted octanol–water partition coefficient (Wildman–Crippen LogP) is 3.49. The standard InChI is InChI=1S/C21H20N4O2/c1-12(2)15-7-5-14(6-8-15)11-22-25-20(26)19-18(24-21(25)27)16-10-13(3)4-9-17(16)23-19/h4-12,23H,1-3H3,(H,24,27). The molecule has 0 unspecified atom stereocenters. The number of aromatic nitrogens is 3. The lowest BCUT2D eigenvalue weighted by molar-refractivity contribution is 0.770. The lowest BCUT2D eigenvalue weighted by Gasteiger charge is -2.04. The van der Waals surface area contributed by atoms with E-state index in [0.717, 1.165) is 26.7 Å². The van der Waals surface area contributed by atoms with Crippen molar-refractivity contribution in [2.45, 2.75) is 26.7 Å². The number of nitrogens with zero attached hydrogens (tertiary/aromatic N) is 2. The Bertz CT molecular complexity index is 1290. The number of benzene rings is 2. The van der Waals surface area contributed by atoms with Crippen LogP contribution in [0.5, 0.6) is 0 Å². The zero-order valence-electron chi connectivity index (χ0n) is 15.4. The molecule has 4 rings (SSSR count). The topological polar surface area (TPSA) is 83.0 Å². The molecule has 2 heterocycles. The van der Waals surface area contributed by atoms with Crippen molar-refractivity contribution in [2.75, 3.05) is 0 Å². The third-order valence-corrected chi connectivity index (χ3v) is 4.71. The summed E-state index contributed by atoms with van der Waals surface area (Å²) in [6.07, 6.45) is 1.51. The van der Waals surface area contributed by atoms with Crippen molar-refractivity contribution in [2.24, 2.45) is 5.10 Å². The van der Waals surface area contributed by atoms with Crippen LogP contribution in [0.4, 0.5) is 0 Å². The first-order valence-corrected chi connectivity index (χ1v) is 8.86. The van der Waals surface area contributed by atoms with Crippen LogP contribution < -0.4 is 11.2 Å². The highest BCUT2D eigenvalue weighted by molar-refractivity contribution is 6.04. The molecule has 2 aromatic carbocycles. The van der Waals surface area contributed by atoms with Crippen molar-refractivity contribution in [3.63, 3.8) is 0 Å². The first kappa shape index (κ1) is 17.0. The van der Waals surface area contributed by atoms with Crippen LogP contribution in [-0.2, 0) is 0 Å². The monoisotopic (exact) mass is 360 g/mol. The third kappa shape index (κ3) is 2.99. The number of hydrogen-bond donors (Lipinski definition) is 2. The fraction of sp³-hybridized carbons (Fsp3) is 0.190. The number of rotatable bonds is 3. The molecule has 0 radical (unpaired) electrons. The summed E-state index contributed by atoms with van der Waals surface area (Å²) in [4.78, 5) is 31.0. The molecule has 0 aliphatic rings. The number of H-pyrrole nitrogens is 2. The van der Waals surface area contributed by atoms with Crippen molar-refractivity contribution in [1.82, 2.24) is 14.6 Å². The molecule has 0 amide bonds. The molecule has 6 nitrogen and oxygen atoms in total. The maximum absolute atomic E-state index is 12.8. The van der Waals surface area contributed by atoms with Crippen molar-refractivity contribution >= 4 is 28.2 Å². The minimum atomic E-state index is -0.565. The van der Waals surface area contributed by atoms with Crippen LogP contribution in [0.1, 0.15) is 36.5 Å². The number of hydrogen-bond acceptors (Lipinski definition) is 3. The van der Waals surface area contributed by atoms with Gasteiger partial charge in [-0.3, -0.25) is 4.79 Å². The first-order valence-electron chi connectivity index (χ1n) is 8.86. The van der Waals surface area contributed by atoms with Gasteiger partial charge in [-0.25, -0.2) is 4.79 Å². The lowest BCUT2D eigenvalue weighted by Crippen LogP contribution is -2.32. The van der Waals surface area contributed by atoms with Crippen LogP contribution in [0.15, 0.2) is 57.2 Å². The van der Waals surface area contributed by atoms with Crippen molar-refractivity contribution < 1.29 is 0 Å². The van der Waals surface area contributed by atoms with Gasteiger partial charge < -0.3 is 9.97 Å². The Morgan fingerprint density at radius 3 is 2.44 bits per heavy atom. The van der Waals surface area contributed by atoms with Gasteiger partial charge in [0, 0.05) is 10.9 Å². The minimum Gasteiger partial charge on any atom is -0.349 e. The van der Waals surface area contributed by atoms with Gasteiger partial charge in [0.25, 0.3) is 0 Å². The van der Waals surface area contributed by atoms with Gasteiger partial charge in [0.15, 0.2) is 0 Å². The Morgan fingerprint density at radius 2 is 1.74 bits per heavy atom. The van der Waals surface area contributed by atoms with E-state index in [2.05, 4.69) is 28.9 Å². The first-order chi connectivity index (χ1) is 12.9. The predicted molar refractivity (Wildman–Crippen MR) is 109 cm³/mol. The summed E-state index contributed by atoms with van der Waals surface area (Å²) in [5.74, 6) is 0.439. The molecule has 0 bridgehead atoms. The quantitative estimate of drug-likeness (QED) is 0.548. The summed E-state index contributed by atoms with van der Waals surface area (Å²) < 4.78 is 0.848. The number of nitrogens with one attached hydrogen (secondary N) is 2. The number of aryl methyl sites for hydroxylation is 1. The highest BCUT2D eigenvalue weighted by Crippen LogP contribution is 2.21. The van der Waals surface area contributed by atoms with Gasteiger partial charge in [0.1, 0.15) is 5.52 Å². The molecule has 2 N–H and O–H groups in total. The number of aromatic amines is 2. The van der Waals surface area contributed by atoms with Gasteiger partial charge in [-0.1, -0.05) is 49.7 Å². The van der Waals surface area contributed by atoms with Gasteiger partial charge >= 0.3 is 11.2 Å². The average Bonchev–Trinajstić information content (AvgIpc) is 3.00. The van der Waals surface area contributed by atoms with Crippen LogP contribution >= 0.6 is 0 Å². The fourth-order valence-electron chi connectivity index (χ4n) is 3.15. The molecule has 0 atom stereocenters. The van der Waals surface area contributed by atoms with Crippen LogP contribution in [0.2, 0.25) is 0 Å². The van der Waals surface area contributed by atoms with E-state index in [1.165, 1.54) is 11.8 Å². The van der Waals surface area contributed by atoms with Gasteiger partial charge in [-0.05, 0) is 36.1 Å². The van der Waals surface area contributed by atoms with E-state index in [1.807, 2.05) is 49.4 Å². The molecule has 0 spiro atoms. The summed E-state index contributed by atoms with van der Waals surface area (Å²) in [5.41, 5.74) is 3.70. The highest BCUT2D eigenvalue weighted by atomic mass is 16.2. The Kier molecular flexibility index (Phi) is 4.03. The molecular weight excluding hydrogens is 340 g/mol. The minimum absolute atomic E-state index is 0.336. The molecule has 27 heavy (non-hydrogen) atoms. The van der Waals surface area contributed by atoms with Crippen LogP contribution in [0, 0.1) is 6.92 Å². The van der Waals surface area contributed by atoms with Crippen LogP contribution in [0.3, 0.4) is 0 Å². The molecule has 0 saturated carbocycles. The van der Waals surface area contributed by atoms with E-state index in [-0.39, 0.29) is 0 Å². The Labute approximate surface area is 155 Å². The summed E-state index contributed by atoms with van der Waals surface area (Å²) in [7, 11) is 0. The smallest absolute Gasteiger partial charge is 0.349 e. The molecular formula is C21H20N4O2. The van der Waals surface area contributed by atoms with Gasteiger partial charge in [-0.2, -0.15) is 5.10 Å². The van der Waals surface area contributed by atoms with E-state index >= 15 is 0 Å². The zero-order valence-corrected chi connectivity index (χ0v) is 15.4. The molecule has 2 aromatic heterocycles. The Hall–Kier alpha value is -3.41. The third-order valence-electron chi connectivity index (χ3n) is 4.71. The second-order valence-electron chi connectivity index (χ2n) is 7.04. The van der Waals surface area contributed by atoms with Crippen LogP contribution in [-0.4, -0.2) is 20.9 Å². The summed E-state index contributed by atoms with van der Waals surface area (Å²) in [5, 5.41) is 4.92. The van der Waals surface area contributed by atoms with Crippen molar-refractivity contribution in [3.05, 3.63) is 80.0 Å². The zero-order chi connectivity index (χ0) is 19.1. The molecule has 136 valence electrons. The SMILES string of the molecule is Cc1ccc2[nH]c3c(=O)n(N=Cc4ccc(C(C)C)cc4)c(=O)[nH]c3c2c1. The fourth-order valence-corrected chi connectivity index (χ4v) is 3.15.